The molecular weight excluding hydrogens is 352 g/mol. The molecule has 6 heteroatoms. The zero-order chi connectivity index (χ0) is 15.0. The van der Waals surface area contributed by atoms with Crippen LogP contribution < -0.4 is 0 Å². The highest BCUT2D eigenvalue weighted by Crippen LogP contribution is 2.26. The largest absolute Gasteiger partial charge is 0.279 e. The molecule has 104 valence electrons. The number of nitrogens with zero attached hydrogens (tertiary/aromatic N) is 4. The van der Waals surface area contributed by atoms with E-state index >= 15 is 0 Å². The second-order valence-corrected chi connectivity index (χ2v) is 5.79. The van der Waals surface area contributed by atoms with Crippen molar-refractivity contribution in [3.63, 3.8) is 0 Å². The summed E-state index contributed by atoms with van der Waals surface area (Å²) in [7, 11) is 0. The highest BCUT2D eigenvalue weighted by atomic mass is 79.9. The highest BCUT2D eigenvalue weighted by molar-refractivity contribution is 9.10. The van der Waals surface area contributed by atoms with Gasteiger partial charge in [0.25, 0.3) is 0 Å². The van der Waals surface area contributed by atoms with E-state index in [9.17, 15) is 0 Å². The summed E-state index contributed by atoms with van der Waals surface area (Å²) in [6.45, 7) is 1.99. The monoisotopic (exact) mass is 360 g/mol. The topological polar surface area (TPSA) is 54.5 Å². The normalized spacial score (nSPS) is 10.8. The fourth-order valence-corrected chi connectivity index (χ4v) is 2.75. The molecule has 3 aromatic rings. The molecule has 0 saturated heterocycles. The second-order valence-electron chi connectivity index (χ2n) is 4.61. The Bertz CT molecular complexity index is 879. The van der Waals surface area contributed by atoms with Crippen LogP contribution in [0, 0.1) is 18.3 Å². The van der Waals surface area contributed by atoms with Gasteiger partial charge in [0.15, 0.2) is 5.65 Å². The summed E-state index contributed by atoms with van der Waals surface area (Å²) < 4.78 is 2.77. The Balaban J connectivity index is 2.36. The minimum absolute atomic E-state index is 0.268. The Morgan fingerprint density at radius 3 is 2.90 bits per heavy atom. The van der Waals surface area contributed by atoms with Crippen molar-refractivity contribution < 1.29 is 0 Å². The van der Waals surface area contributed by atoms with E-state index in [0.29, 0.717) is 11.4 Å². The van der Waals surface area contributed by atoms with Gasteiger partial charge in [-0.25, -0.2) is 9.97 Å². The standard InChI is InChI=1S/C15H10BrClN4/c1-9-2-3-10(7-18)4-13(9)21-14(6-17)20-12-5-11(16)8-19-15(12)21/h2-5,8H,6H2,1H3. The van der Waals surface area contributed by atoms with Crippen LogP contribution in [0.15, 0.2) is 34.9 Å². The van der Waals surface area contributed by atoms with Gasteiger partial charge in [-0.05, 0) is 46.6 Å². The first-order valence-corrected chi connectivity index (χ1v) is 7.56. The van der Waals surface area contributed by atoms with Crippen LogP contribution in [0.5, 0.6) is 0 Å². The molecule has 0 fully saturated rings. The van der Waals surface area contributed by atoms with E-state index in [1.165, 1.54) is 0 Å². The van der Waals surface area contributed by atoms with Gasteiger partial charge in [-0.2, -0.15) is 5.26 Å². The number of hydrogen-bond donors (Lipinski definition) is 0. The molecular formula is C15H10BrClN4. The van der Waals surface area contributed by atoms with Crippen molar-refractivity contribution in [1.29, 1.82) is 5.26 Å². The fourth-order valence-electron chi connectivity index (χ4n) is 2.25. The fraction of sp³-hybridized carbons (Fsp3) is 0.133. The van der Waals surface area contributed by atoms with Gasteiger partial charge in [0, 0.05) is 10.7 Å². The number of nitriles is 1. The zero-order valence-electron chi connectivity index (χ0n) is 11.1. The van der Waals surface area contributed by atoms with Crippen LogP contribution in [0.2, 0.25) is 0 Å². The molecule has 0 bridgehead atoms. The van der Waals surface area contributed by atoms with Gasteiger partial charge >= 0.3 is 0 Å². The summed E-state index contributed by atoms with van der Waals surface area (Å²) in [5, 5.41) is 9.10. The van der Waals surface area contributed by atoms with E-state index in [1.54, 1.807) is 12.3 Å². The van der Waals surface area contributed by atoms with E-state index < -0.39 is 0 Å². The van der Waals surface area contributed by atoms with Gasteiger partial charge in [-0.3, -0.25) is 4.57 Å². The number of rotatable bonds is 2. The molecule has 0 N–H and O–H groups in total. The molecule has 1 aromatic carbocycles. The molecule has 0 radical (unpaired) electrons. The van der Waals surface area contributed by atoms with Crippen LogP contribution in [0.25, 0.3) is 16.9 Å². The van der Waals surface area contributed by atoms with Gasteiger partial charge in [0.2, 0.25) is 0 Å². The second kappa shape index (κ2) is 5.47. The number of alkyl halides is 1. The summed E-state index contributed by atoms with van der Waals surface area (Å²) in [6.07, 6.45) is 1.72. The van der Waals surface area contributed by atoms with Crippen molar-refractivity contribution in [2.24, 2.45) is 0 Å². The quantitative estimate of drug-likeness (QED) is 0.646. The number of halogens is 2. The van der Waals surface area contributed by atoms with Crippen LogP contribution in [-0.2, 0) is 5.88 Å². The number of aromatic nitrogens is 3. The molecule has 21 heavy (non-hydrogen) atoms. The van der Waals surface area contributed by atoms with E-state index in [0.717, 1.165) is 26.9 Å². The average Bonchev–Trinajstić information content (AvgIpc) is 2.85. The highest BCUT2D eigenvalue weighted by Gasteiger charge is 2.15. The van der Waals surface area contributed by atoms with Crippen molar-refractivity contribution in [3.8, 4) is 11.8 Å². The van der Waals surface area contributed by atoms with E-state index in [4.69, 9.17) is 16.9 Å². The van der Waals surface area contributed by atoms with Crippen molar-refractivity contribution in [2.45, 2.75) is 12.8 Å². The van der Waals surface area contributed by atoms with Crippen LogP contribution in [-0.4, -0.2) is 14.5 Å². The van der Waals surface area contributed by atoms with Crippen LogP contribution in [0.3, 0.4) is 0 Å². The molecule has 0 unspecified atom stereocenters. The molecule has 0 aliphatic carbocycles. The lowest BCUT2D eigenvalue weighted by molar-refractivity contribution is 0.959. The summed E-state index contributed by atoms with van der Waals surface area (Å²) in [5.41, 5.74) is 4.00. The smallest absolute Gasteiger partial charge is 0.164 e. The SMILES string of the molecule is Cc1ccc(C#N)cc1-n1c(CCl)nc2cc(Br)cnc21. The lowest BCUT2D eigenvalue weighted by Gasteiger charge is -2.10. The molecule has 2 aromatic heterocycles. The average molecular weight is 362 g/mol. The Kier molecular flexibility index (Phi) is 3.66. The first-order chi connectivity index (χ1) is 10.1. The van der Waals surface area contributed by atoms with Gasteiger partial charge in [0.1, 0.15) is 11.3 Å². The lowest BCUT2D eigenvalue weighted by Crippen LogP contribution is -2.03. The Morgan fingerprint density at radius 1 is 1.38 bits per heavy atom. The number of aryl methyl sites for hydroxylation is 1. The molecule has 0 saturated carbocycles. The van der Waals surface area contributed by atoms with Gasteiger partial charge < -0.3 is 0 Å². The number of imidazole rings is 1. The molecule has 0 amide bonds. The van der Waals surface area contributed by atoms with Crippen molar-refractivity contribution in [1.82, 2.24) is 14.5 Å². The Labute approximate surface area is 135 Å². The molecule has 0 aliphatic heterocycles. The molecule has 0 spiro atoms. The maximum absolute atomic E-state index is 9.10. The minimum atomic E-state index is 0.268. The first kappa shape index (κ1) is 14.1. The van der Waals surface area contributed by atoms with Gasteiger partial charge in [-0.1, -0.05) is 6.07 Å². The van der Waals surface area contributed by atoms with Crippen molar-refractivity contribution >= 4 is 38.7 Å². The van der Waals surface area contributed by atoms with E-state index in [-0.39, 0.29) is 5.88 Å². The Hall–Kier alpha value is -1.90. The van der Waals surface area contributed by atoms with E-state index in [2.05, 4.69) is 32.0 Å². The molecule has 0 atom stereocenters. The number of pyridine rings is 1. The van der Waals surface area contributed by atoms with Crippen molar-refractivity contribution in [3.05, 3.63) is 51.9 Å². The summed E-state index contributed by atoms with van der Waals surface area (Å²) in [6, 6.07) is 9.59. The van der Waals surface area contributed by atoms with E-state index in [1.807, 2.05) is 29.7 Å². The summed E-state index contributed by atoms with van der Waals surface area (Å²) in [4.78, 5) is 8.95. The van der Waals surface area contributed by atoms with Crippen LogP contribution >= 0.6 is 27.5 Å². The molecule has 0 aliphatic rings. The van der Waals surface area contributed by atoms with Crippen LogP contribution in [0.4, 0.5) is 0 Å². The van der Waals surface area contributed by atoms with Gasteiger partial charge in [0.05, 0.1) is 23.2 Å². The third-order valence-electron chi connectivity index (χ3n) is 3.23. The first-order valence-electron chi connectivity index (χ1n) is 6.24. The number of fused-ring (bicyclic) bond motifs is 1. The van der Waals surface area contributed by atoms with Crippen molar-refractivity contribution in [2.75, 3.05) is 0 Å². The predicted octanol–water partition coefficient (Wildman–Crippen LogP) is 4.10. The minimum Gasteiger partial charge on any atom is -0.279 e. The maximum Gasteiger partial charge on any atom is 0.164 e. The lowest BCUT2D eigenvalue weighted by atomic mass is 10.1. The Morgan fingerprint density at radius 2 is 2.19 bits per heavy atom. The predicted molar refractivity (Wildman–Crippen MR) is 85.6 cm³/mol. The molecule has 4 nitrogen and oxygen atoms in total. The number of benzene rings is 1. The third-order valence-corrected chi connectivity index (χ3v) is 3.90. The molecule has 3 rings (SSSR count). The summed E-state index contributed by atoms with van der Waals surface area (Å²) in [5.74, 6) is 0.972. The van der Waals surface area contributed by atoms with Gasteiger partial charge in [-0.15, -0.1) is 11.6 Å². The third kappa shape index (κ3) is 2.41. The maximum atomic E-state index is 9.10. The number of hydrogen-bond acceptors (Lipinski definition) is 3. The molecule has 2 heterocycles. The van der Waals surface area contributed by atoms with Crippen LogP contribution in [0.1, 0.15) is 17.0 Å². The summed E-state index contributed by atoms with van der Waals surface area (Å²) >= 11 is 9.43. The zero-order valence-corrected chi connectivity index (χ0v) is 13.5.